The average Bonchev–Trinajstić information content (AvgIpc) is 3.14. The van der Waals surface area contributed by atoms with Crippen molar-refractivity contribution in [1.29, 1.82) is 0 Å². The molecule has 2 N–H and O–H groups in total. The van der Waals surface area contributed by atoms with Crippen molar-refractivity contribution in [1.82, 2.24) is 19.8 Å². The van der Waals surface area contributed by atoms with Crippen molar-refractivity contribution >= 4 is 29.0 Å². The van der Waals surface area contributed by atoms with Crippen LogP contribution in [-0.4, -0.2) is 77.0 Å². The Hall–Kier alpha value is -3.08. The van der Waals surface area contributed by atoms with Crippen molar-refractivity contribution in [2.45, 2.75) is 64.6 Å². The molecule has 1 amide bonds. The molecule has 8 nitrogen and oxygen atoms in total. The molecule has 11 heteroatoms. The van der Waals surface area contributed by atoms with Crippen molar-refractivity contribution in [2.24, 2.45) is 0 Å². The van der Waals surface area contributed by atoms with E-state index in [0.29, 0.717) is 31.6 Å². The Bertz CT molecular complexity index is 1100. The zero-order valence-electron chi connectivity index (χ0n) is 23.2. The van der Waals surface area contributed by atoms with E-state index in [-0.39, 0.29) is 29.8 Å². The van der Waals surface area contributed by atoms with E-state index in [1.807, 2.05) is 24.3 Å². The second-order valence-electron chi connectivity index (χ2n) is 11.2. The zero-order valence-corrected chi connectivity index (χ0v) is 23.2. The molecule has 4 rings (SSSR count). The molecule has 0 unspecified atom stereocenters. The van der Waals surface area contributed by atoms with Crippen LogP contribution in [0.3, 0.4) is 0 Å². The van der Waals surface area contributed by atoms with Crippen LogP contribution in [-0.2, 0) is 11.0 Å². The lowest BCUT2D eigenvalue weighted by atomic mass is 10.1. The lowest BCUT2D eigenvalue weighted by Crippen LogP contribution is -2.43. The fourth-order valence-corrected chi connectivity index (χ4v) is 5.09. The van der Waals surface area contributed by atoms with Gasteiger partial charge < -0.3 is 20.4 Å². The SMILES string of the molecule is CC(C)(C)N1CCCN(c2ccc(Nc3ncc(C(F)(F)F)c(NCCCN4CCCCC4=O)n3)cc2)CC1. The molecule has 0 saturated carbocycles. The van der Waals surface area contributed by atoms with Crippen LogP contribution >= 0.6 is 0 Å². The van der Waals surface area contributed by atoms with E-state index in [1.165, 1.54) is 0 Å². The molecular weight excluding hydrogens is 507 g/mol. The molecule has 0 atom stereocenters. The molecule has 2 saturated heterocycles. The molecule has 2 fully saturated rings. The van der Waals surface area contributed by atoms with Crippen LogP contribution in [0, 0.1) is 0 Å². The molecule has 3 heterocycles. The fourth-order valence-electron chi connectivity index (χ4n) is 5.09. The van der Waals surface area contributed by atoms with Crippen molar-refractivity contribution in [3.05, 3.63) is 36.0 Å². The standard InChI is InChI=1S/C28H40F3N7O/c1-27(2,3)38-17-7-16-36(18-19-38)22-11-9-21(10-12-22)34-26-33-20-23(28(29,30)31)25(35-26)32-13-6-15-37-14-5-4-8-24(37)39/h9-12,20H,4-8,13-19H2,1-3H3,(H2,32,33,34,35). The van der Waals surface area contributed by atoms with Gasteiger partial charge in [-0.3, -0.25) is 9.69 Å². The smallest absolute Gasteiger partial charge is 0.370 e. The van der Waals surface area contributed by atoms with Gasteiger partial charge in [0.25, 0.3) is 0 Å². The lowest BCUT2D eigenvalue weighted by molar-refractivity contribution is -0.137. The highest BCUT2D eigenvalue weighted by molar-refractivity contribution is 5.76. The molecular formula is C28H40F3N7O. The first kappa shape index (κ1) is 28.9. The number of likely N-dealkylation sites (tertiary alicyclic amines) is 1. The van der Waals surface area contributed by atoms with Crippen LogP contribution in [0.5, 0.6) is 0 Å². The van der Waals surface area contributed by atoms with Crippen molar-refractivity contribution in [3.8, 4) is 0 Å². The minimum atomic E-state index is -4.58. The topological polar surface area (TPSA) is 76.6 Å². The summed E-state index contributed by atoms with van der Waals surface area (Å²) in [6.45, 7) is 12.2. The van der Waals surface area contributed by atoms with Gasteiger partial charge in [0.1, 0.15) is 11.4 Å². The number of halogens is 3. The molecule has 0 radical (unpaired) electrons. The second kappa shape index (κ2) is 12.4. The maximum Gasteiger partial charge on any atom is 0.421 e. The third-order valence-corrected chi connectivity index (χ3v) is 7.35. The number of carbonyl (C=O) groups is 1. The highest BCUT2D eigenvalue weighted by Gasteiger charge is 2.35. The second-order valence-corrected chi connectivity index (χ2v) is 11.2. The van der Waals surface area contributed by atoms with Gasteiger partial charge in [-0.05, 0) is 70.7 Å². The Morgan fingerprint density at radius 1 is 0.949 bits per heavy atom. The van der Waals surface area contributed by atoms with E-state index < -0.39 is 11.7 Å². The van der Waals surface area contributed by atoms with E-state index in [1.54, 1.807) is 4.90 Å². The fraction of sp³-hybridized carbons (Fsp3) is 0.607. The van der Waals surface area contributed by atoms with Gasteiger partial charge in [-0.15, -0.1) is 0 Å². The van der Waals surface area contributed by atoms with Gasteiger partial charge in [-0.2, -0.15) is 18.2 Å². The average molecular weight is 548 g/mol. The zero-order chi connectivity index (χ0) is 28.0. The molecule has 2 aliphatic heterocycles. The van der Waals surface area contributed by atoms with Gasteiger partial charge in [-0.25, -0.2) is 4.98 Å². The highest BCUT2D eigenvalue weighted by Crippen LogP contribution is 2.34. The number of carbonyl (C=O) groups excluding carboxylic acids is 1. The molecule has 1 aromatic carbocycles. The summed E-state index contributed by atoms with van der Waals surface area (Å²) in [7, 11) is 0. The number of benzene rings is 1. The first-order valence-corrected chi connectivity index (χ1v) is 13.8. The van der Waals surface area contributed by atoms with Gasteiger partial charge >= 0.3 is 6.18 Å². The number of hydrogen-bond donors (Lipinski definition) is 2. The number of alkyl halides is 3. The molecule has 214 valence electrons. The molecule has 0 spiro atoms. The minimum absolute atomic E-state index is 0.0834. The Balaban J connectivity index is 1.37. The number of rotatable bonds is 8. The third kappa shape index (κ3) is 7.97. The van der Waals surface area contributed by atoms with Crippen LogP contribution < -0.4 is 15.5 Å². The number of anilines is 4. The number of nitrogens with one attached hydrogen (secondary N) is 2. The first-order chi connectivity index (χ1) is 18.5. The number of aromatic nitrogens is 2. The summed E-state index contributed by atoms with van der Waals surface area (Å²) in [4.78, 5) is 26.7. The first-order valence-electron chi connectivity index (χ1n) is 13.8. The van der Waals surface area contributed by atoms with E-state index >= 15 is 0 Å². The number of piperidine rings is 1. The monoisotopic (exact) mass is 547 g/mol. The number of amides is 1. The van der Waals surface area contributed by atoms with Crippen LogP contribution in [0.2, 0.25) is 0 Å². The van der Waals surface area contributed by atoms with Crippen LogP contribution in [0.4, 0.5) is 36.3 Å². The largest absolute Gasteiger partial charge is 0.421 e. The van der Waals surface area contributed by atoms with Gasteiger partial charge in [0.15, 0.2) is 0 Å². The summed E-state index contributed by atoms with van der Waals surface area (Å²) in [5.41, 5.74) is 1.03. The summed E-state index contributed by atoms with van der Waals surface area (Å²) >= 11 is 0. The maximum absolute atomic E-state index is 13.6. The van der Waals surface area contributed by atoms with E-state index in [9.17, 15) is 18.0 Å². The molecule has 0 bridgehead atoms. The maximum atomic E-state index is 13.6. The van der Waals surface area contributed by atoms with E-state index in [0.717, 1.165) is 57.3 Å². The summed E-state index contributed by atoms with van der Waals surface area (Å²) < 4.78 is 40.8. The normalized spacial score (nSPS) is 17.7. The number of nitrogens with zero attached hydrogens (tertiary/aromatic N) is 5. The van der Waals surface area contributed by atoms with Gasteiger partial charge in [0, 0.05) is 75.3 Å². The van der Waals surface area contributed by atoms with Crippen molar-refractivity contribution < 1.29 is 18.0 Å². The van der Waals surface area contributed by atoms with E-state index in [4.69, 9.17) is 0 Å². The van der Waals surface area contributed by atoms with Crippen LogP contribution in [0.25, 0.3) is 0 Å². The highest BCUT2D eigenvalue weighted by atomic mass is 19.4. The Morgan fingerprint density at radius 3 is 2.41 bits per heavy atom. The quantitative estimate of drug-likeness (QED) is 0.431. The Kier molecular flexibility index (Phi) is 9.19. The summed E-state index contributed by atoms with van der Waals surface area (Å²) in [6, 6.07) is 7.82. The Morgan fingerprint density at radius 2 is 1.72 bits per heavy atom. The molecule has 0 aliphatic carbocycles. The predicted octanol–water partition coefficient (Wildman–Crippen LogP) is 5.36. The summed E-state index contributed by atoms with van der Waals surface area (Å²) in [5, 5.41) is 5.84. The minimum Gasteiger partial charge on any atom is -0.370 e. The van der Waals surface area contributed by atoms with E-state index in [2.05, 4.69) is 51.2 Å². The third-order valence-electron chi connectivity index (χ3n) is 7.35. The Labute approximate surface area is 229 Å². The van der Waals surface area contributed by atoms with Gasteiger partial charge in [-0.1, -0.05) is 0 Å². The predicted molar refractivity (Wildman–Crippen MR) is 148 cm³/mol. The number of hydrogen-bond acceptors (Lipinski definition) is 7. The molecule has 2 aromatic rings. The van der Waals surface area contributed by atoms with Crippen LogP contribution in [0.15, 0.2) is 30.5 Å². The summed E-state index contributed by atoms with van der Waals surface area (Å²) in [6.07, 6.45) is 0.243. The van der Waals surface area contributed by atoms with Crippen LogP contribution in [0.1, 0.15) is 58.4 Å². The molecule has 2 aliphatic rings. The van der Waals surface area contributed by atoms with Crippen molar-refractivity contribution in [3.63, 3.8) is 0 Å². The van der Waals surface area contributed by atoms with Gasteiger partial charge in [0.2, 0.25) is 11.9 Å². The lowest BCUT2D eigenvalue weighted by Gasteiger charge is -2.34. The molecule has 1 aromatic heterocycles. The van der Waals surface area contributed by atoms with Crippen molar-refractivity contribution in [2.75, 3.05) is 61.3 Å². The molecule has 39 heavy (non-hydrogen) atoms. The summed E-state index contributed by atoms with van der Waals surface area (Å²) in [5.74, 6) is -0.0749. The van der Waals surface area contributed by atoms with Gasteiger partial charge in [0.05, 0.1) is 0 Å².